The number of halogens is 3. The minimum atomic E-state index is -4.58. The van der Waals surface area contributed by atoms with E-state index in [0.717, 1.165) is 29.2 Å². The Morgan fingerprint density at radius 1 is 1.12 bits per heavy atom. The maximum atomic E-state index is 13.9. The summed E-state index contributed by atoms with van der Waals surface area (Å²) in [5.41, 5.74) is 1.97. The fourth-order valence-corrected chi connectivity index (χ4v) is 3.89. The molecule has 2 aromatic carbocycles. The van der Waals surface area contributed by atoms with Gasteiger partial charge in [-0.1, -0.05) is 37.8 Å². The van der Waals surface area contributed by atoms with Crippen LogP contribution in [-0.2, 0) is 11.0 Å². The van der Waals surface area contributed by atoms with Gasteiger partial charge in [-0.05, 0) is 47.4 Å². The molecule has 0 radical (unpaired) electrons. The number of H-pyrrole nitrogens is 1. The first-order valence-corrected chi connectivity index (χ1v) is 10.4. The third kappa shape index (κ3) is 4.47. The van der Waals surface area contributed by atoms with Crippen LogP contribution in [0.2, 0.25) is 0 Å². The van der Waals surface area contributed by atoms with Crippen molar-refractivity contribution in [3.05, 3.63) is 102 Å². The van der Waals surface area contributed by atoms with Crippen LogP contribution in [0.5, 0.6) is 5.75 Å². The number of esters is 1. The number of alkyl halides is 3. The number of carbonyl (C=O) groups excluding carboxylic acids is 1. The molecule has 0 atom stereocenters. The molecule has 0 saturated heterocycles. The number of hydrogen-bond donors (Lipinski definition) is 1. The van der Waals surface area contributed by atoms with Gasteiger partial charge in [0.1, 0.15) is 5.75 Å². The first-order valence-electron chi connectivity index (χ1n) is 10.4. The number of pyridine rings is 1. The zero-order chi connectivity index (χ0) is 24.3. The van der Waals surface area contributed by atoms with Gasteiger partial charge < -0.3 is 4.74 Å². The molecular formula is C26H20F3N3O2. The molecule has 2 heterocycles. The Kier molecular flexibility index (Phi) is 6.32. The Bertz CT molecular complexity index is 1400. The van der Waals surface area contributed by atoms with E-state index in [0.29, 0.717) is 22.3 Å². The molecule has 4 rings (SSSR count). The predicted octanol–water partition coefficient (Wildman–Crippen LogP) is 6.44. The topological polar surface area (TPSA) is 67.9 Å². The fraction of sp³-hybridized carbons (Fsp3) is 0.115. The van der Waals surface area contributed by atoms with E-state index in [4.69, 9.17) is 4.74 Å². The lowest BCUT2D eigenvalue weighted by Gasteiger charge is -2.21. The van der Waals surface area contributed by atoms with E-state index >= 15 is 0 Å². The summed E-state index contributed by atoms with van der Waals surface area (Å²) < 4.78 is 47.3. The second-order valence-electron chi connectivity index (χ2n) is 7.42. The Hall–Kier alpha value is -4.20. The van der Waals surface area contributed by atoms with Gasteiger partial charge in [-0.3, -0.25) is 10.1 Å². The molecule has 0 unspecified atom stereocenters. The van der Waals surface area contributed by atoms with Gasteiger partial charge in [-0.25, -0.2) is 4.79 Å². The van der Waals surface area contributed by atoms with E-state index in [2.05, 4.69) is 21.8 Å². The first kappa shape index (κ1) is 23.0. The van der Waals surface area contributed by atoms with Gasteiger partial charge in [-0.2, -0.15) is 18.3 Å². The van der Waals surface area contributed by atoms with Gasteiger partial charge in [0, 0.05) is 35.0 Å². The van der Waals surface area contributed by atoms with Gasteiger partial charge in [0.15, 0.2) is 0 Å². The van der Waals surface area contributed by atoms with E-state index in [1.165, 1.54) is 6.20 Å². The van der Waals surface area contributed by atoms with Crippen molar-refractivity contribution in [1.29, 1.82) is 0 Å². The van der Waals surface area contributed by atoms with Crippen LogP contribution in [0, 0.1) is 0 Å². The van der Waals surface area contributed by atoms with Crippen molar-refractivity contribution in [2.24, 2.45) is 0 Å². The summed E-state index contributed by atoms with van der Waals surface area (Å²) in [6, 6.07) is 13.1. The second kappa shape index (κ2) is 9.35. The van der Waals surface area contributed by atoms with Crippen molar-refractivity contribution in [2.75, 3.05) is 0 Å². The van der Waals surface area contributed by atoms with Gasteiger partial charge in [0.05, 0.1) is 17.3 Å². The lowest BCUT2D eigenvalue weighted by atomic mass is 9.86. The molecule has 0 saturated carbocycles. The standard InChI is InChI=1S/C26H20F3N3O2/c1-3-18(20-15-30-12-11-21(20)26(27,28)29)25(16-9-10-22-17(13-16)14-31-32-22)19-7-5-6-8-23(19)34-24(33)4-2/h4-15H,2-3H2,1H3,(H,31,32)/b25-18+. The summed E-state index contributed by atoms with van der Waals surface area (Å²) in [5.74, 6) is -0.467. The summed E-state index contributed by atoms with van der Waals surface area (Å²) >= 11 is 0. The zero-order valence-electron chi connectivity index (χ0n) is 18.2. The number of aromatic nitrogens is 3. The zero-order valence-corrected chi connectivity index (χ0v) is 18.2. The van der Waals surface area contributed by atoms with Crippen molar-refractivity contribution in [2.45, 2.75) is 19.5 Å². The average molecular weight is 463 g/mol. The van der Waals surface area contributed by atoms with Crippen LogP contribution < -0.4 is 4.74 Å². The SMILES string of the molecule is C=CC(=O)Oc1ccccc1/C(=C(\CC)c1cnccc1C(F)(F)F)c1ccc2[nH]ncc2c1. The number of benzene rings is 2. The second-order valence-corrected chi connectivity index (χ2v) is 7.42. The third-order valence-corrected chi connectivity index (χ3v) is 5.37. The Labute approximate surface area is 193 Å². The summed E-state index contributed by atoms with van der Waals surface area (Å²) in [6.07, 6.45) is 0.690. The van der Waals surface area contributed by atoms with Gasteiger partial charge in [-0.15, -0.1) is 0 Å². The lowest BCUT2D eigenvalue weighted by Crippen LogP contribution is -2.10. The number of carbonyl (C=O) groups is 1. The van der Waals surface area contributed by atoms with Crippen molar-refractivity contribution in [3.63, 3.8) is 0 Å². The van der Waals surface area contributed by atoms with Crippen LogP contribution in [0.3, 0.4) is 0 Å². The molecular weight excluding hydrogens is 443 g/mol. The Morgan fingerprint density at radius 2 is 1.91 bits per heavy atom. The van der Waals surface area contributed by atoms with Crippen LogP contribution in [0.1, 0.15) is 35.6 Å². The number of hydrogen-bond acceptors (Lipinski definition) is 4. The molecule has 0 amide bonds. The van der Waals surface area contributed by atoms with E-state index < -0.39 is 17.7 Å². The number of ether oxygens (including phenoxy) is 1. The molecule has 4 aromatic rings. The van der Waals surface area contributed by atoms with Gasteiger partial charge in [0.2, 0.25) is 0 Å². The molecule has 0 aliphatic carbocycles. The molecule has 0 bridgehead atoms. The minimum absolute atomic E-state index is 0.0374. The molecule has 34 heavy (non-hydrogen) atoms. The maximum Gasteiger partial charge on any atom is 0.417 e. The Morgan fingerprint density at radius 3 is 2.65 bits per heavy atom. The monoisotopic (exact) mass is 463 g/mol. The van der Waals surface area contributed by atoms with Gasteiger partial charge in [0.25, 0.3) is 0 Å². The first-order chi connectivity index (χ1) is 16.3. The number of aromatic amines is 1. The van der Waals surface area contributed by atoms with Crippen molar-refractivity contribution >= 4 is 28.0 Å². The van der Waals surface area contributed by atoms with E-state index in [-0.39, 0.29) is 17.7 Å². The summed E-state index contributed by atoms with van der Waals surface area (Å²) in [4.78, 5) is 16.0. The minimum Gasteiger partial charge on any atom is -0.423 e. The normalized spacial score (nSPS) is 12.4. The molecule has 172 valence electrons. The van der Waals surface area contributed by atoms with Crippen molar-refractivity contribution < 1.29 is 22.7 Å². The van der Waals surface area contributed by atoms with Crippen LogP contribution in [0.4, 0.5) is 13.2 Å². The summed E-state index contributed by atoms with van der Waals surface area (Å²) in [7, 11) is 0. The number of para-hydroxylation sites is 1. The van der Waals surface area contributed by atoms with Crippen LogP contribution in [0.25, 0.3) is 22.0 Å². The summed E-state index contributed by atoms with van der Waals surface area (Å²) in [5, 5.41) is 7.69. The number of fused-ring (bicyclic) bond motifs is 1. The highest BCUT2D eigenvalue weighted by atomic mass is 19.4. The van der Waals surface area contributed by atoms with E-state index in [1.807, 2.05) is 6.07 Å². The Balaban J connectivity index is 2.08. The highest BCUT2D eigenvalue weighted by Crippen LogP contribution is 2.42. The maximum absolute atomic E-state index is 13.9. The molecule has 1 N–H and O–H groups in total. The van der Waals surface area contributed by atoms with E-state index in [1.54, 1.807) is 49.5 Å². The molecule has 2 aromatic heterocycles. The average Bonchev–Trinajstić information content (AvgIpc) is 3.30. The highest BCUT2D eigenvalue weighted by molar-refractivity contribution is 6.02. The van der Waals surface area contributed by atoms with Crippen LogP contribution in [0.15, 0.2) is 79.8 Å². The predicted molar refractivity (Wildman–Crippen MR) is 124 cm³/mol. The van der Waals surface area contributed by atoms with Crippen LogP contribution >= 0.6 is 0 Å². The molecule has 0 spiro atoms. The largest absolute Gasteiger partial charge is 0.423 e. The van der Waals surface area contributed by atoms with E-state index in [9.17, 15) is 18.0 Å². The quantitative estimate of drug-likeness (QED) is 0.203. The highest BCUT2D eigenvalue weighted by Gasteiger charge is 2.34. The number of nitrogens with one attached hydrogen (secondary N) is 1. The molecule has 0 fully saturated rings. The fourth-order valence-electron chi connectivity index (χ4n) is 3.89. The molecule has 5 nitrogen and oxygen atoms in total. The number of rotatable bonds is 6. The van der Waals surface area contributed by atoms with Gasteiger partial charge >= 0.3 is 12.1 Å². The van der Waals surface area contributed by atoms with Crippen molar-refractivity contribution in [1.82, 2.24) is 15.2 Å². The third-order valence-electron chi connectivity index (χ3n) is 5.37. The molecule has 0 aliphatic rings. The van der Waals surface area contributed by atoms with Crippen molar-refractivity contribution in [3.8, 4) is 5.75 Å². The molecule has 8 heteroatoms. The van der Waals surface area contributed by atoms with Crippen LogP contribution in [-0.4, -0.2) is 21.2 Å². The lowest BCUT2D eigenvalue weighted by molar-refractivity contribution is -0.137. The number of nitrogens with zero attached hydrogens (tertiary/aromatic N) is 2. The smallest absolute Gasteiger partial charge is 0.417 e. The molecule has 0 aliphatic heterocycles. The number of allylic oxidation sites excluding steroid dienone is 1. The summed E-state index contributed by atoms with van der Waals surface area (Å²) in [6.45, 7) is 5.20.